The molecule has 0 saturated heterocycles. The van der Waals surface area contributed by atoms with Gasteiger partial charge in [0, 0.05) is 33.0 Å². The van der Waals surface area contributed by atoms with Crippen molar-refractivity contribution in [3.63, 3.8) is 0 Å². The Morgan fingerprint density at radius 2 is 2.08 bits per heavy atom. The first kappa shape index (κ1) is 18.4. The fourth-order valence-corrected chi connectivity index (χ4v) is 4.78. The minimum atomic E-state index is -0.652. The summed E-state index contributed by atoms with van der Waals surface area (Å²) in [4.78, 5) is 18.1. The van der Waals surface area contributed by atoms with Gasteiger partial charge in [-0.05, 0) is 44.6 Å². The van der Waals surface area contributed by atoms with E-state index in [2.05, 4.69) is 28.4 Å². The van der Waals surface area contributed by atoms with Crippen molar-refractivity contribution in [2.75, 3.05) is 13.1 Å². The van der Waals surface area contributed by atoms with Gasteiger partial charge in [-0.2, -0.15) is 0 Å². The molecule has 1 saturated carbocycles. The summed E-state index contributed by atoms with van der Waals surface area (Å²) in [7, 11) is 2.12. The lowest BCUT2D eigenvalue weighted by atomic mass is 9.84. The molecule has 2 aliphatic rings. The molecule has 1 aliphatic carbocycles. The minimum absolute atomic E-state index is 0.324. The molecule has 1 N–H and O–H groups in total. The van der Waals surface area contributed by atoms with Crippen molar-refractivity contribution in [1.82, 2.24) is 14.5 Å². The van der Waals surface area contributed by atoms with E-state index in [-0.39, 0.29) is 0 Å². The normalized spacial score (nSPS) is 19.9. The molecular weight excluding hydrogens is 314 g/mol. The molecule has 1 unspecified atom stereocenters. The highest BCUT2D eigenvalue weighted by Crippen LogP contribution is 2.36. The maximum absolute atomic E-state index is 10.8. The summed E-state index contributed by atoms with van der Waals surface area (Å²) in [5.74, 6) is 1.99. The second-order valence-electron chi connectivity index (χ2n) is 8.02. The predicted molar refractivity (Wildman–Crippen MR) is 98.5 cm³/mol. The van der Waals surface area contributed by atoms with E-state index in [4.69, 9.17) is 5.11 Å². The van der Waals surface area contributed by atoms with E-state index in [0.717, 1.165) is 50.6 Å². The third kappa shape index (κ3) is 4.63. The van der Waals surface area contributed by atoms with Crippen LogP contribution in [0.2, 0.25) is 0 Å². The SMILES string of the molecule is Cc1nc2c(n1C)CN(CCC(CCCC(=O)O)C1CCCC1)CC2. The second kappa shape index (κ2) is 8.35. The zero-order chi connectivity index (χ0) is 17.8. The van der Waals surface area contributed by atoms with Crippen LogP contribution in [0.1, 0.15) is 68.6 Å². The van der Waals surface area contributed by atoms with E-state index in [1.807, 2.05) is 0 Å². The van der Waals surface area contributed by atoms with Crippen molar-refractivity contribution >= 4 is 5.97 Å². The van der Waals surface area contributed by atoms with Gasteiger partial charge in [-0.15, -0.1) is 0 Å². The predicted octanol–water partition coefficient (Wildman–Crippen LogP) is 3.54. The Balaban J connectivity index is 1.53. The number of carboxylic acids is 1. The summed E-state index contributed by atoms with van der Waals surface area (Å²) in [6.45, 7) is 5.34. The first-order chi connectivity index (χ1) is 12.0. The van der Waals surface area contributed by atoms with Crippen molar-refractivity contribution in [3.8, 4) is 0 Å². The number of fused-ring (bicyclic) bond motifs is 1. The van der Waals surface area contributed by atoms with Crippen molar-refractivity contribution < 1.29 is 9.90 Å². The van der Waals surface area contributed by atoms with Gasteiger partial charge in [0.2, 0.25) is 0 Å². The Bertz CT molecular complexity index is 590. The first-order valence-corrected chi connectivity index (χ1v) is 10.00. The lowest BCUT2D eigenvalue weighted by Gasteiger charge is -2.30. The molecule has 1 fully saturated rings. The van der Waals surface area contributed by atoms with Crippen LogP contribution in [0.15, 0.2) is 0 Å². The number of carboxylic acid groups (broad SMARTS) is 1. The number of nitrogens with zero attached hydrogens (tertiary/aromatic N) is 3. The zero-order valence-electron chi connectivity index (χ0n) is 15.8. The average molecular weight is 348 g/mol. The number of aryl methyl sites for hydroxylation is 1. The molecule has 2 heterocycles. The molecule has 1 atom stereocenters. The number of hydrogen-bond donors (Lipinski definition) is 1. The minimum Gasteiger partial charge on any atom is -0.481 e. The largest absolute Gasteiger partial charge is 0.481 e. The summed E-state index contributed by atoms with van der Waals surface area (Å²) in [6, 6.07) is 0. The molecule has 5 nitrogen and oxygen atoms in total. The fraction of sp³-hybridized carbons (Fsp3) is 0.800. The molecule has 0 aromatic carbocycles. The Kier molecular flexibility index (Phi) is 6.15. The van der Waals surface area contributed by atoms with E-state index < -0.39 is 5.97 Å². The van der Waals surface area contributed by atoms with Gasteiger partial charge in [0.1, 0.15) is 5.82 Å². The van der Waals surface area contributed by atoms with E-state index >= 15 is 0 Å². The molecule has 5 heteroatoms. The van der Waals surface area contributed by atoms with Crippen LogP contribution >= 0.6 is 0 Å². The third-order valence-electron chi connectivity index (χ3n) is 6.41. The molecular formula is C20H33N3O2. The van der Waals surface area contributed by atoms with Crippen molar-refractivity contribution in [3.05, 3.63) is 17.2 Å². The summed E-state index contributed by atoms with van der Waals surface area (Å²) in [5, 5.41) is 8.93. The molecule has 140 valence electrons. The summed E-state index contributed by atoms with van der Waals surface area (Å²) in [6.07, 6.45) is 9.95. The van der Waals surface area contributed by atoms with Crippen LogP contribution in [0, 0.1) is 18.8 Å². The molecule has 25 heavy (non-hydrogen) atoms. The van der Waals surface area contributed by atoms with E-state index in [0.29, 0.717) is 12.3 Å². The van der Waals surface area contributed by atoms with Crippen LogP contribution in [-0.4, -0.2) is 38.6 Å². The van der Waals surface area contributed by atoms with Crippen molar-refractivity contribution in [1.29, 1.82) is 0 Å². The highest BCUT2D eigenvalue weighted by Gasteiger charge is 2.27. The Morgan fingerprint density at radius 3 is 2.80 bits per heavy atom. The van der Waals surface area contributed by atoms with E-state index in [9.17, 15) is 4.79 Å². The van der Waals surface area contributed by atoms with Crippen molar-refractivity contribution in [2.24, 2.45) is 18.9 Å². The first-order valence-electron chi connectivity index (χ1n) is 10.00. The van der Waals surface area contributed by atoms with Crippen LogP contribution in [0.5, 0.6) is 0 Å². The van der Waals surface area contributed by atoms with Crippen LogP contribution in [0.25, 0.3) is 0 Å². The number of carbonyl (C=O) groups is 1. The number of aliphatic carboxylic acids is 1. The standard InChI is InChI=1S/C20H33N3O2/c1-15-21-18-11-13-23(14-19(18)22(15)2)12-10-17(8-5-9-20(24)25)16-6-3-4-7-16/h16-17H,3-14H2,1-2H3,(H,24,25). The molecule has 0 radical (unpaired) electrons. The highest BCUT2D eigenvalue weighted by atomic mass is 16.4. The summed E-state index contributed by atoms with van der Waals surface area (Å²) in [5.41, 5.74) is 2.66. The van der Waals surface area contributed by atoms with Gasteiger partial charge >= 0.3 is 5.97 Å². The molecule has 1 aromatic heterocycles. The fourth-order valence-electron chi connectivity index (χ4n) is 4.78. The molecule has 1 aliphatic heterocycles. The smallest absolute Gasteiger partial charge is 0.303 e. The molecule has 0 spiro atoms. The Hall–Kier alpha value is -1.36. The molecule has 3 rings (SSSR count). The van der Waals surface area contributed by atoms with Crippen LogP contribution in [0.3, 0.4) is 0 Å². The Morgan fingerprint density at radius 1 is 1.32 bits per heavy atom. The number of aromatic nitrogens is 2. The van der Waals surface area contributed by atoms with Gasteiger partial charge in [0.25, 0.3) is 0 Å². The van der Waals surface area contributed by atoms with Gasteiger partial charge < -0.3 is 9.67 Å². The monoisotopic (exact) mass is 347 g/mol. The van der Waals surface area contributed by atoms with Gasteiger partial charge in [-0.25, -0.2) is 4.98 Å². The summed E-state index contributed by atoms with van der Waals surface area (Å²) >= 11 is 0. The van der Waals surface area contributed by atoms with E-state index in [1.54, 1.807) is 0 Å². The van der Waals surface area contributed by atoms with E-state index in [1.165, 1.54) is 43.5 Å². The maximum atomic E-state index is 10.8. The van der Waals surface area contributed by atoms with Crippen LogP contribution in [-0.2, 0) is 24.8 Å². The average Bonchev–Trinajstić information content (AvgIpc) is 3.20. The number of imidazole rings is 1. The van der Waals surface area contributed by atoms with Crippen LogP contribution < -0.4 is 0 Å². The topological polar surface area (TPSA) is 58.4 Å². The maximum Gasteiger partial charge on any atom is 0.303 e. The third-order valence-corrected chi connectivity index (χ3v) is 6.41. The van der Waals surface area contributed by atoms with Crippen LogP contribution in [0.4, 0.5) is 0 Å². The van der Waals surface area contributed by atoms with Gasteiger partial charge in [-0.1, -0.05) is 25.7 Å². The Labute approximate surface area is 151 Å². The number of hydrogen-bond acceptors (Lipinski definition) is 3. The lowest BCUT2D eigenvalue weighted by Crippen LogP contribution is -2.33. The second-order valence-corrected chi connectivity index (χ2v) is 8.02. The van der Waals surface area contributed by atoms with Crippen molar-refractivity contribution in [2.45, 2.75) is 71.3 Å². The molecule has 1 aromatic rings. The molecule has 0 bridgehead atoms. The molecule has 0 amide bonds. The zero-order valence-corrected chi connectivity index (χ0v) is 15.8. The summed E-state index contributed by atoms with van der Waals surface area (Å²) < 4.78 is 2.24. The highest BCUT2D eigenvalue weighted by molar-refractivity contribution is 5.66. The van der Waals surface area contributed by atoms with Gasteiger partial charge in [0.15, 0.2) is 0 Å². The van der Waals surface area contributed by atoms with Gasteiger partial charge in [-0.3, -0.25) is 9.69 Å². The van der Waals surface area contributed by atoms with Gasteiger partial charge in [0.05, 0.1) is 11.4 Å². The number of rotatable bonds is 8. The quantitative estimate of drug-likeness (QED) is 0.781. The lowest BCUT2D eigenvalue weighted by molar-refractivity contribution is -0.137.